The smallest absolute Gasteiger partial charge is 0.416 e. The number of thiocarbonyl (C=S) groups is 1. The molecule has 0 bridgehead atoms. The summed E-state index contributed by atoms with van der Waals surface area (Å²) in [5, 5.41) is 5.06. The molecule has 1 amide bonds. The van der Waals surface area contributed by atoms with Gasteiger partial charge in [-0.05, 0) is 54.7 Å². The van der Waals surface area contributed by atoms with E-state index in [0.717, 1.165) is 16.6 Å². The van der Waals surface area contributed by atoms with Gasteiger partial charge in [0.25, 0.3) is 0 Å². The highest BCUT2D eigenvalue weighted by atomic mass is 79.9. The van der Waals surface area contributed by atoms with Crippen molar-refractivity contribution in [2.24, 2.45) is 0 Å². The normalized spacial score (nSPS) is 14.3. The van der Waals surface area contributed by atoms with E-state index in [1.54, 1.807) is 24.3 Å². The van der Waals surface area contributed by atoms with Crippen LogP contribution in [-0.4, -0.2) is 44.4 Å². The van der Waals surface area contributed by atoms with Crippen LogP contribution < -0.4 is 20.3 Å². The van der Waals surface area contributed by atoms with Gasteiger partial charge in [0.05, 0.1) is 37.3 Å². The van der Waals surface area contributed by atoms with Gasteiger partial charge in [-0.3, -0.25) is 10.1 Å². The minimum Gasteiger partial charge on any atom is -0.496 e. The molecule has 0 aliphatic carbocycles. The van der Waals surface area contributed by atoms with Crippen LogP contribution in [0, 0.1) is 0 Å². The number of amides is 1. The number of benzene rings is 2. The van der Waals surface area contributed by atoms with Gasteiger partial charge in [0.15, 0.2) is 5.11 Å². The summed E-state index contributed by atoms with van der Waals surface area (Å²) in [6.07, 6.45) is -1.71. The molecule has 0 unspecified atom stereocenters. The van der Waals surface area contributed by atoms with E-state index in [2.05, 4.69) is 26.6 Å². The number of halogens is 4. The van der Waals surface area contributed by atoms with Crippen LogP contribution in [0.15, 0.2) is 46.9 Å². The van der Waals surface area contributed by atoms with Gasteiger partial charge in [0.1, 0.15) is 5.75 Å². The summed E-state index contributed by atoms with van der Waals surface area (Å²) in [5.74, 6) is 0.0245. The number of anilines is 2. The summed E-state index contributed by atoms with van der Waals surface area (Å²) in [4.78, 5) is 14.2. The summed E-state index contributed by atoms with van der Waals surface area (Å²) in [6.45, 7) is 1.98. The quantitative estimate of drug-likeness (QED) is 0.415. The predicted octanol–water partition coefficient (Wildman–Crippen LogP) is 4.84. The summed E-state index contributed by atoms with van der Waals surface area (Å²) in [6, 6.07) is 8.71. The second kappa shape index (κ2) is 11.0. The number of nitrogens with zero attached hydrogens (tertiary/aromatic N) is 1. The highest BCUT2D eigenvalue weighted by Crippen LogP contribution is 2.35. The Kier molecular flexibility index (Phi) is 8.33. The van der Waals surface area contributed by atoms with Crippen molar-refractivity contribution < 1.29 is 27.4 Å². The SMILES string of the molecule is COc1ccc(Br)cc1C=CC(=O)NC(=S)Nc1cc(C(F)(F)F)ccc1N1CCOCC1. The predicted molar refractivity (Wildman–Crippen MR) is 129 cm³/mol. The van der Waals surface area contributed by atoms with Gasteiger partial charge >= 0.3 is 6.18 Å². The van der Waals surface area contributed by atoms with Gasteiger partial charge in [-0.2, -0.15) is 13.2 Å². The van der Waals surface area contributed by atoms with Crippen molar-refractivity contribution in [3.8, 4) is 5.75 Å². The van der Waals surface area contributed by atoms with Crippen molar-refractivity contribution in [2.45, 2.75) is 6.18 Å². The third-order valence-corrected chi connectivity index (χ3v) is 5.46. The average Bonchev–Trinajstić information content (AvgIpc) is 2.77. The zero-order valence-electron chi connectivity index (χ0n) is 17.5. The van der Waals surface area contributed by atoms with E-state index in [1.807, 2.05) is 4.90 Å². The molecule has 6 nitrogen and oxygen atoms in total. The number of ether oxygens (including phenoxy) is 2. The van der Waals surface area contributed by atoms with E-state index in [1.165, 1.54) is 19.3 Å². The monoisotopic (exact) mass is 543 g/mol. The standard InChI is InChI=1S/C22H21BrF3N3O3S/c1-31-19-6-4-16(23)12-14(19)2-7-20(30)28-21(33)27-17-13-15(22(24,25)26)3-5-18(17)29-8-10-32-11-9-29/h2-7,12-13H,8-11H2,1H3,(H2,27,28,30,33). The summed E-state index contributed by atoms with van der Waals surface area (Å²) in [5.41, 5.74) is 0.526. The fourth-order valence-corrected chi connectivity index (χ4v) is 3.79. The Balaban J connectivity index is 1.74. The molecule has 0 spiro atoms. The molecule has 3 rings (SSSR count). The number of hydrogen-bond acceptors (Lipinski definition) is 5. The third kappa shape index (κ3) is 6.92. The molecular weight excluding hydrogens is 523 g/mol. The first-order valence-corrected chi connectivity index (χ1v) is 11.0. The maximum Gasteiger partial charge on any atom is 0.416 e. The average molecular weight is 544 g/mol. The van der Waals surface area contributed by atoms with E-state index < -0.39 is 17.6 Å². The lowest BCUT2D eigenvalue weighted by atomic mass is 10.1. The zero-order chi connectivity index (χ0) is 24.0. The second-order valence-electron chi connectivity index (χ2n) is 6.99. The zero-order valence-corrected chi connectivity index (χ0v) is 19.9. The molecule has 0 saturated carbocycles. The first-order chi connectivity index (χ1) is 15.7. The Morgan fingerprint density at radius 2 is 1.94 bits per heavy atom. The Morgan fingerprint density at radius 3 is 2.61 bits per heavy atom. The number of morpholine rings is 1. The number of carbonyl (C=O) groups is 1. The molecule has 1 fully saturated rings. The minimum atomic E-state index is -4.52. The number of rotatable bonds is 5. The molecule has 1 heterocycles. The van der Waals surface area contributed by atoms with E-state index in [9.17, 15) is 18.0 Å². The molecule has 176 valence electrons. The Labute approximate surface area is 202 Å². The van der Waals surface area contributed by atoms with Crippen LogP contribution in [0.3, 0.4) is 0 Å². The fraction of sp³-hybridized carbons (Fsp3) is 0.273. The second-order valence-corrected chi connectivity index (χ2v) is 8.32. The number of carbonyl (C=O) groups excluding carboxylic acids is 1. The van der Waals surface area contributed by atoms with Crippen LogP contribution in [0.5, 0.6) is 5.75 Å². The topological polar surface area (TPSA) is 62.8 Å². The summed E-state index contributed by atoms with van der Waals surface area (Å²) < 4.78 is 51.1. The first-order valence-electron chi connectivity index (χ1n) is 9.85. The molecule has 1 aliphatic heterocycles. The molecule has 1 aliphatic rings. The summed E-state index contributed by atoms with van der Waals surface area (Å²) >= 11 is 8.53. The number of methoxy groups -OCH3 is 1. The van der Waals surface area contributed by atoms with Crippen LogP contribution in [0.25, 0.3) is 6.08 Å². The third-order valence-electron chi connectivity index (χ3n) is 4.77. The van der Waals surface area contributed by atoms with Gasteiger partial charge in [-0.25, -0.2) is 0 Å². The molecule has 33 heavy (non-hydrogen) atoms. The number of alkyl halides is 3. The molecule has 2 aromatic carbocycles. The van der Waals surface area contributed by atoms with Gasteiger partial charge in [0.2, 0.25) is 5.91 Å². The number of nitrogens with one attached hydrogen (secondary N) is 2. The van der Waals surface area contributed by atoms with Crippen molar-refractivity contribution >= 4 is 56.6 Å². The Morgan fingerprint density at radius 1 is 1.21 bits per heavy atom. The van der Waals surface area contributed by atoms with Crippen LogP contribution in [0.2, 0.25) is 0 Å². The van der Waals surface area contributed by atoms with Gasteiger partial charge in [-0.1, -0.05) is 15.9 Å². The van der Waals surface area contributed by atoms with E-state index in [0.29, 0.717) is 43.3 Å². The molecular formula is C22H21BrF3N3O3S. The molecule has 2 N–H and O–H groups in total. The maximum absolute atomic E-state index is 13.3. The molecule has 2 aromatic rings. The Bertz CT molecular complexity index is 1060. The highest BCUT2D eigenvalue weighted by Gasteiger charge is 2.31. The largest absolute Gasteiger partial charge is 0.496 e. The highest BCUT2D eigenvalue weighted by molar-refractivity contribution is 9.10. The van der Waals surface area contributed by atoms with Gasteiger partial charge in [-0.15, -0.1) is 0 Å². The molecule has 1 saturated heterocycles. The molecule has 11 heteroatoms. The van der Waals surface area contributed by atoms with Crippen LogP contribution in [0.4, 0.5) is 24.5 Å². The van der Waals surface area contributed by atoms with E-state index >= 15 is 0 Å². The lowest BCUT2D eigenvalue weighted by molar-refractivity contribution is -0.137. The van der Waals surface area contributed by atoms with E-state index in [-0.39, 0.29) is 10.8 Å². The fourth-order valence-electron chi connectivity index (χ4n) is 3.20. The van der Waals surface area contributed by atoms with Crippen molar-refractivity contribution in [3.05, 3.63) is 58.1 Å². The summed E-state index contributed by atoms with van der Waals surface area (Å²) in [7, 11) is 1.51. The lowest BCUT2D eigenvalue weighted by Gasteiger charge is -2.31. The molecule has 0 atom stereocenters. The van der Waals surface area contributed by atoms with Crippen LogP contribution >= 0.6 is 28.1 Å². The minimum absolute atomic E-state index is 0.125. The van der Waals surface area contributed by atoms with Crippen molar-refractivity contribution in [2.75, 3.05) is 43.6 Å². The number of hydrogen-bond donors (Lipinski definition) is 2. The molecule has 0 aromatic heterocycles. The van der Waals surface area contributed by atoms with Crippen LogP contribution in [0.1, 0.15) is 11.1 Å². The van der Waals surface area contributed by atoms with Crippen molar-refractivity contribution in [3.63, 3.8) is 0 Å². The van der Waals surface area contributed by atoms with E-state index in [4.69, 9.17) is 21.7 Å². The lowest BCUT2D eigenvalue weighted by Crippen LogP contribution is -2.38. The Hall–Kier alpha value is -2.63. The van der Waals surface area contributed by atoms with Gasteiger partial charge in [0, 0.05) is 29.2 Å². The molecule has 0 radical (unpaired) electrons. The maximum atomic E-state index is 13.3. The van der Waals surface area contributed by atoms with Crippen molar-refractivity contribution in [1.82, 2.24) is 5.32 Å². The van der Waals surface area contributed by atoms with Gasteiger partial charge < -0.3 is 19.7 Å². The van der Waals surface area contributed by atoms with Crippen LogP contribution in [-0.2, 0) is 15.7 Å². The first kappa shape index (κ1) is 25.0. The van der Waals surface area contributed by atoms with Crippen molar-refractivity contribution in [1.29, 1.82) is 0 Å².